The lowest BCUT2D eigenvalue weighted by molar-refractivity contribution is -0.145. The second kappa shape index (κ2) is 11.3. The third-order valence-electron chi connectivity index (χ3n) is 6.24. The number of piperidine rings is 1. The molecule has 0 spiro atoms. The van der Waals surface area contributed by atoms with Crippen LogP contribution in [0.25, 0.3) is 0 Å². The number of carbonyl (C=O) groups is 1. The second-order valence-electron chi connectivity index (χ2n) is 8.57. The van der Waals surface area contributed by atoms with Crippen molar-refractivity contribution >= 4 is 5.97 Å². The van der Waals surface area contributed by atoms with Crippen molar-refractivity contribution < 1.29 is 28.2 Å². The van der Waals surface area contributed by atoms with Gasteiger partial charge in [0.05, 0.1) is 12.6 Å². The number of hydrogen-bond acceptors (Lipinski definition) is 4. The minimum absolute atomic E-state index is 0.222. The van der Waals surface area contributed by atoms with Gasteiger partial charge in [-0.1, -0.05) is 48.9 Å². The maximum Gasteiger partial charge on any atom is 0.320 e. The molecule has 2 unspecified atom stereocenters. The molecule has 0 aliphatic carbocycles. The van der Waals surface area contributed by atoms with Gasteiger partial charge >= 0.3 is 5.97 Å². The fraction of sp³-hybridized carbons (Fsp3) is 0.321. The van der Waals surface area contributed by atoms with Crippen LogP contribution in [0, 0.1) is 11.6 Å². The molecule has 1 aliphatic heterocycles. The van der Waals surface area contributed by atoms with Crippen LogP contribution in [0.1, 0.15) is 48.9 Å². The molecular weight excluding hydrogens is 452 g/mol. The fourth-order valence-corrected chi connectivity index (χ4v) is 4.62. The molecule has 1 N–H and O–H groups in total. The van der Waals surface area contributed by atoms with Gasteiger partial charge in [-0.3, -0.25) is 9.69 Å². The topological polar surface area (TPSA) is 59.0 Å². The Kier molecular flexibility index (Phi) is 7.98. The minimum Gasteiger partial charge on any atom is -0.490 e. The van der Waals surface area contributed by atoms with E-state index in [-0.39, 0.29) is 5.56 Å². The van der Waals surface area contributed by atoms with Gasteiger partial charge in [-0.15, -0.1) is 0 Å². The van der Waals surface area contributed by atoms with Crippen molar-refractivity contribution in [3.05, 3.63) is 95.1 Å². The summed E-state index contributed by atoms with van der Waals surface area (Å²) in [4.78, 5) is 13.9. The summed E-state index contributed by atoms with van der Waals surface area (Å²) in [7, 11) is 0. The number of ether oxygens (including phenoxy) is 2. The number of carboxylic acid groups (broad SMARTS) is 1. The Morgan fingerprint density at radius 1 is 1.03 bits per heavy atom. The van der Waals surface area contributed by atoms with Crippen LogP contribution in [0.2, 0.25) is 0 Å². The first-order valence-electron chi connectivity index (χ1n) is 11.8. The Bertz CT molecular complexity index is 1150. The maximum atomic E-state index is 15.0. The van der Waals surface area contributed by atoms with Crippen LogP contribution < -0.4 is 9.47 Å². The summed E-state index contributed by atoms with van der Waals surface area (Å²) in [6.07, 6.45) is 2.04. The lowest BCUT2D eigenvalue weighted by Crippen LogP contribution is -2.47. The van der Waals surface area contributed by atoms with E-state index in [2.05, 4.69) is 0 Å². The summed E-state index contributed by atoms with van der Waals surface area (Å²) >= 11 is 0. The Balaban J connectivity index is 1.74. The Morgan fingerprint density at radius 3 is 2.54 bits per heavy atom. The molecule has 7 heteroatoms. The van der Waals surface area contributed by atoms with Gasteiger partial charge in [0.25, 0.3) is 0 Å². The van der Waals surface area contributed by atoms with Crippen LogP contribution in [0.4, 0.5) is 8.78 Å². The van der Waals surface area contributed by atoms with Gasteiger partial charge in [-0.25, -0.2) is 8.78 Å². The third kappa shape index (κ3) is 5.80. The average Bonchev–Trinajstić information content (AvgIpc) is 2.86. The summed E-state index contributed by atoms with van der Waals surface area (Å²) < 4.78 is 40.6. The first-order valence-corrected chi connectivity index (χ1v) is 11.8. The molecule has 0 amide bonds. The van der Waals surface area contributed by atoms with Crippen LogP contribution in [0.15, 0.2) is 66.7 Å². The van der Waals surface area contributed by atoms with Gasteiger partial charge in [-0.05, 0) is 55.6 Å². The molecule has 2 atom stereocenters. The van der Waals surface area contributed by atoms with Crippen LogP contribution in [-0.2, 0) is 11.4 Å². The van der Waals surface area contributed by atoms with E-state index in [4.69, 9.17) is 9.47 Å². The van der Waals surface area contributed by atoms with E-state index in [1.165, 1.54) is 12.1 Å². The van der Waals surface area contributed by atoms with Crippen molar-refractivity contribution in [3.63, 3.8) is 0 Å². The summed E-state index contributed by atoms with van der Waals surface area (Å²) in [5, 5.41) is 9.89. The Morgan fingerprint density at radius 2 is 1.83 bits per heavy atom. The summed E-state index contributed by atoms with van der Waals surface area (Å²) in [6.45, 7) is 3.08. The monoisotopic (exact) mass is 481 g/mol. The molecule has 1 saturated heterocycles. The zero-order valence-electron chi connectivity index (χ0n) is 19.6. The highest BCUT2D eigenvalue weighted by molar-refractivity contribution is 5.73. The largest absolute Gasteiger partial charge is 0.490 e. The highest BCUT2D eigenvalue weighted by atomic mass is 19.1. The predicted octanol–water partition coefficient (Wildman–Crippen LogP) is 5.97. The number of nitrogens with zero attached hydrogens (tertiary/aromatic N) is 1. The highest BCUT2D eigenvalue weighted by Gasteiger charge is 2.36. The summed E-state index contributed by atoms with van der Waals surface area (Å²) in [5.41, 5.74) is 1.88. The van der Waals surface area contributed by atoms with Crippen molar-refractivity contribution in [1.29, 1.82) is 0 Å². The molecule has 0 radical (unpaired) electrons. The SMILES string of the molecule is CCOc1cc(C(c2ccc(F)cc2F)N2CCCCC2C(=O)O)ccc1OCc1ccccc1. The number of rotatable bonds is 9. The molecule has 1 fully saturated rings. The van der Waals surface area contributed by atoms with Crippen molar-refractivity contribution in [3.8, 4) is 11.5 Å². The molecule has 0 bridgehead atoms. The van der Waals surface area contributed by atoms with Gasteiger partial charge in [0.15, 0.2) is 11.5 Å². The van der Waals surface area contributed by atoms with E-state index in [9.17, 15) is 14.3 Å². The third-order valence-corrected chi connectivity index (χ3v) is 6.24. The van der Waals surface area contributed by atoms with Crippen LogP contribution >= 0.6 is 0 Å². The molecule has 1 heterocycles. The molecule has 184 valence electrons. The van der Waals surface area contributed by atoms with E-state index in [1.807, 2.05) is 37.3 Å². The lowest BCUT2D eigenvalue weighted by atomic mass is 9.91. The fourth-order valence-electron chi connectivity index (χ4n) is 4.62. The van der Waals surface area contributed by atoms with Crippen LogP contribution in [0.5, 0.6) is 11.5 Å². The zero-order valence-corrected chi connectivity index (χ0v) is 19.6. The van der Waals surface area contributed by atoms with Crippen molar-refractivity contribution in [1.82, 2.24) is 4.90 Å². The van der Waals surface area contributed by atoms with Gasteiger partial charge < -0.3 is 14.6 Å². The molecule has 35 heavy (non-hydrogen) atoms. The van der Waals surface area contributed by atoms with Gasteiger partial charge in [0.2, 0.25) is 0 Å². The van der Waals surface area contributed by atoms with E-state index in [1.54, 1.807) is 23.1 Å². The predicted molar refractivity (Wildman–Crippen MR) is 129 cm³/mol. The average molecular weight is 482 g/mol. The number of benzene rings is 3. The second-order valence-corrected chi connectivity index (χ2v) is 8.57. The standard InChI is InChI=1S/C28H29F2NO4/c1-2-34-26-16-20(11-14-25(26)35-18-19-8-4-3-5-9-19)27(22-13-12-21(29)17-23(22)30)31-15-7-6-10-24(31)28(32)33/h3-5,8-9,11-14,16-17,24,27H,2,6-7,10,15,18H2,1H3,(H,32,33). The number of likely N-dealkylation sites (tertiary alicyclic amines) is 1. The smallest absolute Gasteiger partial charge is 0.320 e. The molecule has 5 nitrogen and oxygen atoms in total. The van der Waals surface area contributed by atoms with Crippen LogP contribution in [0.3, 0.4) is 0 Å². The van der Waals surface area contributed by atoms with Crippen molar-refractivity contribution in [2.24, 2.45) is 0 Å². The quantitative estimate of drug-likeness (QED) is 0.408. The van der Waals surface area contributed by atoms with Gasteiger partial charge in [0, 0.05) is 11.6 Å². The molecule has 4 rings (SSSR count). The first kappa shape index (κ1) is 24.7. The van der Waals surface area contributed by atoms with Crippen molar-refractivity contribution in [2.75, 3.05) is 13.2 Å². The molecular formula is C28H29F2NO4. The van der Waals surface area contributed by atoms with Gasteiger partial charge in [0.1, 0.15) is 24.3 Å². The molecule has 0 saturated carbocycles. The molecule has 3 aromatic rings. The van der Waals surface area contributed by atoms with E-state index in [0.29, 0.717) is 43.2 Å². The lowest BCUT2D eigenvalue weighted by Gasteiger charge is -2.39. The van der Waals surface area contributed by atoms with Gasteiger partial charge in [-0.2, -0.15) is 0 Å². The zero-order chi connectivity index (χ0) is 24.8. The van der Waals surface area contributed by atoms with Crippen LogP contribution in [-0.4, -0.2) is 35.2 Å². The highest BCUT2D eigenvalue weighted by Crippen LogP contribution is 2.39. The van der Waals surface area contributed by atoms with E-state index in [0.717, 1.165) is 24.5 Å². The van der Waals surface area contributed by atoms with E-state index >= 15 is 4.39 Å². The number of hydrogen-bond donors (Lipinski definition) is 1. The maximum absolute atomic E-state index is 15.0. The molecule has 3 aromatic carbocycles. The first-order chi connectivity index (χ1) is 17.0. The Hall–Kier alpha value is -3.45. The summed E-state index contributed by atoms with van der Waals surface area (Å²) in [5.74, 6) is -1.33. The minimum atomic E-state index is -0.954. The number of aliphatic carboxylic acids is 1. The van der Waals surface area contributed by atoms with Crippen molar-refractivity contribution in [2.45, 2.75) is 44.9 Å². The number of carboxylic acids is 1. The normalized spacial score (nSPS) is 17.1. The summed E-state index contributed by atoms with van der Waals surface area (Å²) in [6, 6.07) is 17.0. The number of halogens is 2. The molecule has 0 aromatic heterocycles. The van der Waals surface area contributed by atoms with E-state index < -0.39 is 29.7 Å². The molecule has 1 aliphatic rings. The Labute approximate surface area is 203 Å².